The second-order valence-electron chi connectivity index (χ2n) is 4.86. The zero-order valence-electron chi connectivity index (χ0n) is 12.8. The highest BCUT2D eigenvalue weighted by atomic mass is 32.2. The number of aromatic amines is 1. The number of hydrogen-bond acceptors (Lipinski definition) is 4. The van der Waals surface area contributed by atoms with E-state index in [9.17, 15) is 9.59 Å². The van der Waals surface area contributed by atoms with Gasteiger partial charge in [0.15, 0.2) is 0 Å². The fourth-order valence-corrected chi connectivity index (χ4v) is 2.97. The monoisotopic (exact) mass is 320 g/mol. The fourth-order valence-electron chi connectivity index (χ4n) is 2.23. The molecule has 0 bridgehead atoms. The molecule has 0 spiro atoms. The van der Waals surface area contributed by atoms with Crippen LogP contribution in [0.15, 0.2) is 44.9 Å². The summed E-state index contributed by atoms with van der Waals surface area (Å²) in [7, 11) is 0. The zero-order valence-corrected chi connectivity index (χ0v) is 13.6. The Bertz CT molecular complexity index is 722. The molecule has 1 heterocycles. The Balaban J connectivity index is 2.21. The summed E-state index contributed by atoms with van der Waals surface area (Å²) in [4.78, 5) is 31.9. The Morgan fingerprint density at radius 1 is 1.18 bits per heavy atom. The lowest BCUT2D eigenvalue weighted by Crippen LogP contribution is -2.38. The predicted molar refractivity (Wildman–Crippen MR) is 88.7 cm³/mol. The van der Waals surface area contributed by atoms with Gasteiger partial charge in [-0.2, -0.15) is 0 Å². The number of hydrogen-bond donors (Lipinski definition) is 1. The van der Waals surface area contributed by atoms with Crippen LogP contribution >= 0.6 is 11.8 Å². The van der Waals surface area contributed by atoms with Gasteiger partial charge in [0, 0.05) is 6.42 Å². The molecular formula is C16H20N2O3S. The molecule has 0 atom stereocenters. The second kappa shape index (κ2) is 7.89. The van der Waals surface area contributed by atoms with Crippen LogP contribution in [0.4, 0.5) is 0 Å². The third kappa shape index (κ3) is 3.82. The predicted octanol–water partition coefficient (Wildman–Crippen LogP) is 1.88. The summed E-state index contributed by atoms with van der Waals surface area (Å²) in [5.74, 6) is 0. The van der Waals surface area contributed by atoms with Gasteiger partial charge < -0.3 is 4.84 Å². The summed E-state index contributed by atoms with van der Waals surface area (Å²) in [6.07, 6.45) is 3.99. The van der Waals surface area contributed by atoms with Crippen LogP contribution < -0.4 is 16.1 Å². The van der Waals surface area contributed by atoms with Gasteiger partial charge in [0.1, 0.15) is 11.6 Å². The van der Waals surface area contributed by atoms with Crippen molar-refractivity contribution in [3.63, 3.8) is 0 Å². The molecule has 0 aliphatic carbocycles. The minimum atomic E-state index is -0.526. The van der Waals surface area contributed by atoms with Crippen LogP contribution in [-0.2, 0) is 12.8 Å². The third-order valence-corrected chi connectivity index (χ3v) is 4.07. The lowest BCUT2D eigenvalue weighted by molar-refractivity contribution is 0.0807. The smallest absolute Gasteiger partial charge is 0.362 e. The van der Waals surface area contributed by atoms with Crippen molar-refractivity contribution in [3.8, 4) is 0 Å². The molecule has 0 amide bonds. The Kier molecular flexibility index (Phi) is 5.89. The van der Waals surface area contributed by atoms with E-state index in [0.717, 1.165) is 12.0 Å². The van der Waals surface area contributed by atoms with Crippen LogP contribution in [0.5, 0.6) is 0 Å². The second-order valence-corrected chi connectivity index (χ2v) is 5.66. The normalized spacial score (nSPS) is 10.6. The maximum atomic E-state index is 12.0. The van der Waals surface area contributed by atoms with Crippen molar-refractivity contribution in [2.24, 2.45) is 0 Å². The minimum Gasteiger partial charge on any atom is -0.408 e. The molecular weight excluding hydrogens is 300 g/mol. The first kappa shape index (κ1) is 16.4. The highest BCUT2D eigenvalue weighted by Crippen LogP contribution is 2.16. The SMILES string of the molecule is CCCc1c(SC)n(OCCc2ccccc2)c(=O)[nH]c1=O. The number of aromatic nitrogens is 2. The van der Waals surface area contributed by atoms with E-state index in [0.29, 0.717) is 30.0 Å². The Labute approximate surface area is 133 Å². The number of nitrogens with one attached hydrogen (secondary N) is 1. The molecule has 1 N–H and O–H groups in total. The molecule has 22 heavy (non-hydrogen) atoms. The topological polar surface area (TPSA) is 64.1 Å². The maximum Gasteiger partial charge on any atom is 0.362 e. The average Bonchev–Trinajstić information content (AvgIpc) is 2.52. The van der Waals surface area contributed by atoms with Crippen LogP contribution in [-0.4, -0.2) is 22.6 Å². The Hall–Kier alpha value is -1.95. The van der Waals surface area contributed by atoms with Gasteiger partial charge in [0.25, 0.3) is 5.56 Å². The van der Waals surface area contributed by atoms with Crippen LogP contribution in [0.1, 0.15) is 24.5 Å². The summed E-state index contributed by atoms with van der Waals surface area (Å²) in [6.45, 7) is 2.37. The highest BCUT2D eigenvalue weighted by molar-refractivity contribution is 7.98. The first-order chi connectivity index (χ1) is 10.7. The molecule has 0 saturated carbocycles. The summed E-state index contributed by atoms with van der Waals surface area (Å²) in [5.41, 5.74) is 0.898. The van der Waals surface area contributed by atoms with Crippen LogP contribution in [0.25, 0.3) is 0 Å². The van der Waals surface area contributed by atoms with Gasteiger partial charge in [0.2, 0.25) is 0 Å². The van der Waals surface area contributed by atoms with E-state index in [2.05, 4.69) is 4.98 Å². The number of nitrogens with zero attached hydrogens (tertiary/aromatic N) is 1. The molecule has 0 aliphatic rings. The molecule has 0 fully saturated rings. The molecule has 1 aromatic carbocycles. The van der Waals surface area contributed by atoms with Crippen LogP contribution in [0.3, 0.4) is 0 Å². The summed E-state index contributed by atoms with van der Waals surface area (Å²) >= 11 is 1.35. The van der Waals surface area contributed by atoms with Crippen molar-refractivity contribution in [2.75, 3.05) is 12.9 Å². The average molecular weight is 320 g/mol. The fraction of sp³-hybridized carbons (Fsp3) is 0.375. The van der Waals surface area contributed by atoms with Gasteiger partial charge in [-0.05, 0) is 18.2 Å². The van der Waals surface area contributed by atoms with Crippen molar-refractivity contribution in [3.05, 3.63) is 62.3 Å². The van der Waals surface area contributed by atoms with Gasteiger partial charge in [-0.25, -0.2) is 4.79 Å². The molecule has 0 saturated heterocycles. The number of rotatable bonds is 7. The molecule has 1 aromatic heterocycles. The molecule has 6 heteroatoms. The van der Waals surface area contributed by atoms with E-state index in [1.807, 2.05) is 43.5 Å². The van der Waals surface area contributed by atoms with Gasteiger partial charge in [-0.1, -0.05) is 43.7 Å². The molecule has 2 rings (SSSR count). The van der Waals surface area contributed by atoms with Crippen molar-refractivity contribution < 1.29 is 4.84 Å². The summed E-state index contributed by atoms with van der Waals surface area (Å²) in [6, 6.07) is 9.91. The summed E-state index contributed by atoms with van der Waals surface area (Å²) in [5, 5.41) is 0.587. The van der Waals surface area contributed by atoms with E-state index in [4.69, 9.17) is 4.84 Å². The molecule has 118 valence electrons. The molecule has 2 aromatic rings. The van der Waals surface area contributed by atoms with Gasteiger partial charge >= 0.3 is 5.69 Å². The molecule has 0 unspecified atom stereocenters. The Morgan fingerprint density at radius 3 is 2.55 bits per heavy atom. The lowest BCUT2D eigenvalue weighted by Gasteiger charge is -2.14. The maximum absolute atomic E-state index is 12.0. The lowest BCUT2D eigenvalue weighted by atomic mass is 10.2. The molecule has 5 nitrogen and oxygen atoms in total. The minimum absolute atomic E-state index is 0.320. The van der Waals surface area contributed by atoms with Crippen molar-refractivity contribution in [1.82, 2.24) is 9.71 Å². The number of thioether (sulfide) groups is 1. The van der Waals surface area contributed by atoms with E-state index >= 15 is 0 Å². The standard InChI is InChI=1S/C16H20N2O3S/c1-3-7-13-14(19)17-16(20)18(15(13)22-2)21-11-10-12-8-5-4-6-9-12/h4-6,8-9H,3,7,10-11H2,1-2H3,(H,17,19,20). The van der Waals surface area contributed by atoms with E-state index < -0.39 is 5.69 Å². The summed E-state index contributed by atoms with van der Waals surface area (Å²) < 4.78 is 1.21. The number of H-pyrrole nitrogens is 1. The molecule has 0 aliphatic heterocycles. The van der Waals surface area contributed by atoms with E-state index in [1.165, 1.54) is 16.5 Å². The van der Waals surface area contributed by atoms with Gasteiger partial charge in [-0.15, -0.1) is 16.5 Å². The van der Waals surface area contributed by atoms with Crippen molar-refractivity contribution >= 4 is 11.8 Å². The number of benzene rings is 1. The van der Waals surface area contributed by atoms with Gasteiger partial charge in [0.05, 0.1) is 5.56 Å². The quantitative estimate of drug-likeness (QED) is 0.625. The first-order valence-electron chi connectivity index (χ1n) is 7.26. The highest BCUT2D eigenvalue weighted by Gasteiger charge is 2.14. The van der Waals surface area contributed by atoms with E-state index in [1.54, 1.807) is 0 Å². The zero-order chi connectivity index (χ0) is 15.9. The Morgan fingerprint density at radius 2 is 1.91 bits per heavy atom. The van der Waals surface area contributed by atoms with Gasteiger partial charge in [-0.3, -0.25) is 9.78 Å². The van der Waals surface area contributed by atoms with Crippen molar-refractivity contribution in [2.45, 2.75) is 31.2 Å². The van der Waals surface area contributed by atoms with Crippen molar-refractivity contribution in [1.29, 1.82) is 0 Å². The third-order valence-electron chi connectivity index (χ3n) is 3.27. The first-order valence-corrected chi connectivity index (χ1v) is 8.49. The van der Waals surface area contributed by atoms with E-state index in [-0.39, 0.29) is 5.56 Å². The van der Waals surface area contributed by atoms with Crippen LogP contribution in [0.2, 0.25) is 0 Å². The molecule has 0 radical (unpaired) electrons. The van der Waals surface area contributed by atoms with Crippen LogP contribution in [0, 0.1) is 0 Å². The largest absolute Gasteiger partial charge is 0.408 e.